The summed E-state index contributed by atoms with van der Waals surface area (Å²) in [7, 11) is 0. The van der Waals surface area contributed by atoms with Gasteiger partial charge in [-0.2, -0.15) is 0 Å². The van der Waals surface area contributed by atoms with E-state index in [4.69, 9.17) is 0 Å². The maximum atomic E-state index is 11.3. The van der Waals surface area contributed by atoms with Gasteiger partial charge in [0.05, 0.1) is 0 Å². The smallest absolute Gasteiger partial charge is 0.155 e. The molecule has 16 heavy (non-hydrogen) atoms. The van der Waals surface area contributed by atoms with Gasteiger partial charge in [0.1, 0.15) is 0 Å². The highest BCUT2D eigenvalue weighted by Gasteiger charge is 2.32. The fourth-order valence-electron chi connectivity index (χ4n) is 2.48. The fraction of sp³-hybridized carbons (Fsp3) is 0.667. The molecule has 1 nitrogen and oxygen atoms in total. The van der Waals surface area contributed by atoms with Crippen molar-refractivity contribution < 1.29 is 4.79 Å². The topological polar surface area (TPSA) is 17.1 Å². The Bertz CT molecular complexity index is 331. The lowest BCUT2D eigenvalue weighted by Crippen LogP contribution is -2.27. The summed E-state index contributed by atoms with van der Waals surface area (Å²) >= 11 is 0. The van der Waals surface area contributed by atoms with Gasteiger partial charge in [0.25, 0.3) is 0 Å². The van der Waals surface area contributed by atoms with Crippen LogP contribution in [0.5, 0.6) is 0 Å². The van der Waals surface area contributed by atoms with Gasteiger partial charge in [-0.3, -0.25) is 4.79 Å². The molecule has 1 rings (SSSR count). The van der Waals surface area contributed by atoms with Crippen LogP contribution in [0.25, 0.3) is 0 Å². The molecule has 0 saturated heterocycles. The maximum absolute atomic E-state index is 11.3. The number of allylic oxidation sites excluding steroid dienone is 4. The Hall–Kier alpha value is -0.850. The summed E-state index contributed by atoms with van der Waals surface area (Å²) in [4.78, 5) is 11.3. The van der Waals surface area contributed by atoms with Crippen molar-refractivity contribution in [3.8, 4) is 0 Å². The van der Waals surface area contributed by atoms with Crippen molar-refractivity contribution in [1.29, 1.82) is 0 Å². The van der Waals surface area contributed by atoms with Gasteiger partial charge in [-0.15, -0.1) is 0 Å². The second-order valence-electron chi connectivity index (χ2n) is 5.54. The average Bonchev–Trinajstić information content (AvgIpc) is 2.20. The quantitative estimate of drug-likeness (QED) is 0.512. The van der Waals surface area contributed by atoms with Crippen LogP contribution in [0, 0.1) is 11.3 Å². The van der Waals surface area contributed by atoms with Crippen molar-refractivity contribution in [3.05, 3.63) is 23.3 Å². The summed E-state index contributed by atoms with van der Waals surface area (Å²) in [6.45, 7) is 10.4. The SMILES string of the molecule is CCC1=CCCC(C)(C)C1/C=C(\C)C(C)=O. The lowest BCUT2D eigenvalue weighted by atomic mass is 9.67. The first kappa shape index (κ1) is 13.2. The zero-order chi connectivity index (χ0) is 12.3. The molecule has 0 aromatic heterocycles. The predicted octanol–water partition coefficient (Wildman–Crippen LogP) is 4.29. The maximum Gasteiger partial charge on any atom is 0.155 e. The molecule has 0 bridgehead atoms. The van der Waals surface area contributed by atoms with Crippen LogP contribution in [-0.2, 0) is 4.79 Å². The number of carbonyl (C=O) groups is 1. The minimum Gasteiger partial charge on any atom is -0.295 e. The standard InChI is InChI=1S/C15H24O/c1-6-13-8-7-9-15(4,5)14(13)10-11(2)12(3)16/h8,10,14H,6-7,9H2,1-5H3/b11-10+. The molecule has 1 atom stereocenters. The zero-order valence-electron chi connectivity index (χ0n) is 11.3. The number of Topliss-reactive ketones (excluding diaryl/α,β-unsaturated/α-hetero) is 1. The Morgan fingerprint density at radius 3 is 2.62 bits per heavy atom. The van der Waals surface area contributed by atoms with Gasteiger partial charge in [0.2, 0.25) is 0 Å². The van der Waals surface area contributed by atoms with Gasteiger partial charge in [0.15, 0.2) is 5.78 Å². The second-order valence-corrected chi connectivity index (χ2v) is 5.54. The number of ketones is 1. The number of carbonyl (C=O) groups excluding carboxylic acids is 1. The Kier molecular flexibility index (Phi) is 4.12. The highest BCUT2D eigenvalue weighted by atomic mass is 16.1. The molecule has 0 radical (unpaired) electrons. The van der Waals surface area contributed by atoms with Gasteiger partial charge in [-0.05, 0) is 44.1 Å². The van der Waals surface area contributed by atoms with Crippen LogP contribution >= 0.6 is 0 Å². The van der Waals surface area contributed by atoms with Crippen LogP contribution in [0.1, 0.15) is 53.9 Å². The Morgan fingerprint density at radius 1 is 1.50 bits per heavy atom. The van der Waals surface area contributed by atoms with Crippen molar-refractivity contribution in [1.82, 2.24) is 0 Å². The summed E-state index contributed by atoms with van der Waals surface area (Å²) < 4.78 is 0. The minimum absolute atomic E-state index is 0.192. The molecule has 0 aromatic rings. The van der Waals surface area contributed by atoms with Gasteiger partial charge >= 0.3 is 0 Å². The zero-order valence-corrected chi connectivity index (χ0v) is 11.3. The third-order valence-electron chi connectivity index (χ3n) is 3.82. The van der Waals surface area contributed by atoms with Crippen molar-refractivity contribution in [2.24, 2.45) is 11.3 Å². The largest absolute Gasteiger partial charge is 0.295 e. The highest BCUT2D eigenvalue weighted by molar-refractivity contribution is 5.92. The van der Waals surface area contributed by atoms with Crippen LogP contribution in [0.15, 0.2) is 23.3 Å². The lowest BCUT2D eigenvalue weighted by Gasteiger charge is -2.38. The van der Waals surface area contributed by atoms with Gasteiger partial charge in [-0.1, -0.05) is 38.5 Å². The monoisotopic (exact) mass is 220 g/mol. The van der Waals surface area contributed by atoms with E-state index < -0.39 is 0 Å². The van der Waals surface area contributed by atoms with Gasteiger partial charge in [0, 0.05) is 5.92 Å². The first-order chi connectivity index (χ1) is 7.38. The molecule has 0 amide bonds. The second kappa shape index (κ2) is 4.99. The van der Waals surface area contributed by atoms with E-state index in [9.17, 15) is 4.79 Å². The van der Waals surface area contributed by atoms with Crippen molar-refractivity contribution in [3.63, 3.8) is 0 Å². The Labute approximate surface area is 99.6 Å². The average molecular weight is 220 g/mol. The molecule has 1 heteroatoms. The van der Waals surface area contributed by atoms with E-state index in [2.05, 4.69) is 32.9 Å². The van der Waals surface area contributed by atoms with E-state index in [0.29, 0.717) is 5.92 Å². The van der Waals surface area contributed by atoms with E-state index in [0.717, 1.165) is 12.0 Å². The number of hydrogen-bond donors (Lipinski definition) is 0. The van der Waals surface area contributed by atoms with Crippen LogP contribution in [0.3, 0.4) is 0 Å². The summed E-state index contributed by atoms with van der Waals surface area (Å²) in [5.41, 5.74) is 2.69. The number of rotatable bonds is 3. The van der Waals surface area contributed by atoms with Crippen molar-refractivity contribution in [2.45, 2.75) is 53.9 Å². The van der Waals surface area contributed by atoms with Crippen molar-refractivity contribution in [2.75, 3.05) is 0 Å². The third-order valence-corrected chi connectivity index (χ3v) is 3.82. The molecular weight excluding hydrogens is 196 g/mol. The minimum atomic E-state index is 0.192. The van der Waals surface area contributed by atoms with Crippen LogP contribution in [0.4, 0.5) is 0 Å². The van der Waals surface area contributed by atoms with E-state index in [1.165, 1.54) is 18.4 Å². The first-order valence-electron chi connectivity index (χ1n) is 6.26. The fourth-order valence-corrected chi connectivity index (χ4v) is 2.48. The molecule has 0 heterocycles. The molecule has 0 saturated carbocycles. The molecular formula is C15H24O. The molecule has 0 aliphatic heterocycles. The van der Waals surface area contributed by atoms with E-state index in [-0.39, 0.29) is 11.2 Å². The molecule has 0 N–H and O–H groups in total. The lowest BCUT2D eigenvalue weighted by molar-refractivity contribution is -0.113. The first-order valence-corrected chi connectivity index (χ1v) is 6.26. The van der Waals surface area contributed by atoms with Crippen LogP contribution < -0.4 is 0 Å². The Balaban J connectivity index is 3.05. The summed E-state index contributed by atoms with van der Waals surface area (Å²) in [6, 6.07) is 0. The third kappa shape index (κ3) is 2.84. The highest BCUT2D eigenvalue weighted by Crippen LogP contribution is 2.43. The molecule has 1 aliphatic rings. The van der Waals surface area contributed by atoms with Gasteiger partial charge < -0.3 is 0 Å². The van der Waals surface area contributed by atoms with Crippen LogP contribution in [-0.4, -0.2) is 5.78 Å². The Morgan fingerprint density at radius 2 is 2.12 bits per heavy atom. The van der Waals surface area contributed by atoms with E-state index in [1.807, 2.05) is 6.92 Å². The summed E-state index contributed by atoms with van der Waals surface area (Å²) in [5.74, 6) is 0.631. The van der Waals surface area contributed by atoms with Gasteiger partial charge in [-0.25, -0.2) is 0 Å². The molecule has 1 unspecified atom stereocenters. The van der Waals surface area contributed by atoms with Crippen molar-refractivity contribution >= 4 is 5.78 Å². The normalized spacial score (nSPS) is 25.2. The molecule has 0 spiro atoms. The molecule has 90 valence electrons. The summed E-state index contributed by atoms with van der Waals surface area (Å²) in [5, 5.41) is 0. The molecule has 0 fully saturated rings. The number of hydrogen-bond acceptors (Lipinski definition) is 1. The molecule has 0 aromatic carbocycles. The molecule has 1 aliphatic carbocycles. The van der Waals surface area contributed by atoms with E-state index in [1.54, 1.807) is 6.92 Å². The van der Waals surface area contributed by atoms with Crippen LogP contribution in [0.2, 0.25) is 0 Å². The van der Waals surface area contributed by atoms with E-state index >= 15 is 0 Å². The predicted molar refractivity (Wildman–Crippen MR) is 69.3 cm³/mol. The summed E-state index contributed by atoms with van der Waals surface area (Å²) in [6.07, 6.45) is 8.02.